The zero-order chi connectivity index (χ0) is 18.4. The molecule has 1 aliphatic heterocycles. The highest BCUT2D eigenvalue weighted by Gasteiger charge is 2.14. The van der Waals surface area contributed by atoms with Gasteiger partial charge in [-0.1, -0.05) is 19.1 Å². The Labute approximate surface area is 149 Å². The summed E-state index contributed by atoms with van der Waals surface area (Å²) in [4.78, 5) is 36.0. The minimum atomic E-state index is -4.64. The van der Waals surface area contributed by atoms with Crippen molar-refractivity contribution in [1.29, 1.82) is 0 Å². The van der Waals surface area contributed by atoms with Gasteiger partial charge in [0, 0.05) is 33.7 Å². The van der Waals surface area contributed by atoms with E-state index in [9.17, 15) is 4.79 Å². The van der Waals surface area contributed by atoms with E-state index in [4.69, 9.17) is 19.2 Å². The van der Waals surface area contributed by atoms with Crippen molar-refractivity contribution < 1.29 is 24.0 Å². The molecule has 25 heavy (non-hydrogen) atoms. The average molecular weight is 384 g/mol. The molecule has 0 saturated heterocycles. The Morgan fingerprint density at radius 3 is 2.64 bits per heavy atom. The molecule has 0 fully saturated rings. The smallest absolute Gasteiger partial charge is 0.328 e. The highest BCUT2D eigenvalue weighted by Crippen LogP contribution is 2.36. The number of thiophene rings is 1. The van der Waals surface area contributed by atoms with Gasteiger partial charge in [-0.2, -0.15) is 0 Å². The number of hydrogen-bond donors (Lipinski definition) is 4. The van der Waals surface area contributed by atoms with Crippen LogP contribution in [-0.4, -0.2) is 45.6 Å². The molecular weight excluding hydrogens is 363 g/mol. The van der Waals surface area contributed by atoms with E-state index in [1.807, 2.05) is 23.5 Å². The van der Waals surface area contributed by atoms with Crippen LogP contribution in [0.1, 0.15) is 18.2 Å². The molecule has 0 radical (unpaired) electrons. The molecule has 2 heterocycles. The highest BCUT2D eigenvalue weighted by molar-refractivity contribution is 7.45. The fourth-order valence-electron chi connectivity index (χ4n) is 2.63. The average Bonchev–Trinajstić information content (AvgIpc) is 2.99. The van der Waals surface area contributed by atoms with E-state index in [1.165, 1.54) is 15.2 Å². The summed E-state index contributed by atoms with van der Waals surface area (Å²) >= 11 is 1.81. The molecule has 3 rings (SSSR count). The van der Waals surface area contributed by atoms with Crippen molar-refractivity contribution in [2.45, 2.75) is 13.3 Å². The summed E-state index contributed by atoms with van der Waals surface area (Å²) in [7, 11) is -4.64. The second-order valence-corrected chi connectivity index (χ2v) is 7.59. The molecule has 1 aromatic carbocycles. The highest BCUT2D eigenvalue weighted by atomic mass is 32.1. The number of nitrogens with zero attached hydrogens (tertiary/aromatic N) is 1. The number of carbonyl (C=O) groups is 1. The Bertz CT molecular complexity index is 806. The van der Waals surface area contributed by atoms with Gasteiger partial charge in [-0.3, -0.25) is 9.69 Å². The van der Waals surface area contributed by atoms with Crippen LogP contribution in [0.3, 0.4) is 0 Å². The quantitative estimate of drug-likeness (QED) is 0.477. The number of phosphoric acid groups is 1. The molecule has 1 aromatic heterocycles. The standard InChI is InChI=1S/C16H18N2OS.H3O4P/c1-2-18-8-6-12(7-9-18)16-10-13-14(17-11-19)4-3-5-15(13)20-16;1-5(2,3)4/h3-6,10-11H,2,7-9H2,1H3,(H,17,19);(H3,1,2,3,4). The lowest BCUT2D eigenvalue weighted by Gasteiger charge is -2.24. The van der Waals surface area contributed by atoms with Crippen LogP contribution in [0.4, 0.5) is 5.69 Å². The number of rotatable bonds is 4. The number of amides is 1. The van der Waals surface area contributed by atoms with Crippen LogP contribution in [0.25, 0.3) is 15.7 Å². The maximum atomic E-state index is 10.7. The molecule has 136 valence electrons. The van der Waals surface area contributed by atoms with Crippen LogP contribution in [0, 0.1) is 0 Å². The van der Waals surface area contributed by atoms with Gasteiger partial charge >= 0.3 is 7.82 Å². The van der Waals surface area contributed by atoms with Crippen molar-refractivity contribution in [3.63, 3.8) is 0 Å². The number of likely N-dealkylation sites (N-methyl/N-ethyl adjacent to an activating group) is 1. The summed E-state index contributed by atoms with van der Waals surface area (Å²) in [5.74, 6) is 0. The molecule has 1 amide bonds. The molecular formula is C16H21N2O5PS. The van der Waals surface area contributed by atoms with Gasteiger partial charge in [0.1, 0.15) is 0 Å². The number of hydrogen-bond acceptors (Lipinski definition) is 4. The van der Waals surface area contributed by atoms with E-state index >= 15 is 0 Å². The molecule has 1 aliphatic rings. The molecule has 0 aliphatic carbocycles. The first kappa shape index (κ1) is 19.8. The first-order chi connectivity index (χ1) is 11.8. The van der Waals surface area contributed by atoms with Gasteiger partial charge in [0.25, 0.3) is 0 Å². The number of nitrogens with one attached hydrogen (secondary N) is 1. The molecule has 0 saturated carbocycles. The first-order valence-electron chi connectivity index (χ1n) is 7.74. The fraction of sp³-hybridized carbons (Fsp3) is 0.312. The summed E-state index contributed by atoms with van der Waals surface area (Å²) in [6, 6.07) is 8.25. The molecule has 4 N–H and O–H groups in total. The third kappa shape index (κ3) is 6.04. The fourth-order valence-corrected chi connectivity index (χ4v) is 3.79. The van der Waals surface area contributed by atoms with Crippen molar-refractivity contribution in [2.24, 2.45) is 0 Å². The van der Waals surface area contributed by atoms with Gasteiger partial charge in [0.05, 0.1) is 0 Å². The normalized spacial score (nSPS) is 15.3. The maximum Gasteiger partial charge on any atom is 0.466 e. The molecule has 7 nitrogen and oxygen atoms in total. The number of carbonyl (C=O) groups excluding carboxylic acids is 1. The second-order valence-electron chi connectivity index (χ2n) is 5.48. The summed E-state index contributed by atoms with van der Waals surface area (Å²) in [5, 5.41) is 3.92. The zero-order valence-electron chi connectivity index (χ0n) is 13.8. The lowest BCUT2D eigenvalue weighted by Crippen LogP contribution is -2.27. The molecule has 9 heteroatoms. The summed E-state index contributed by atoms with van der Waals surface area (Å²) < 4.78 is 10.1. The molecule has 0 spiro atoms. The van der Waals surface area contributed by atoms with Gasteiger partial charge < -0.3 is 20.0 Å². The minimum Gasteiger partial charge on any atom is -0.328 e. The molecule has 0 atom stereocenters. The van der Waals surface area contributed by atoms with Gasteiger partial charge in [-0.15, -0.1) is 11.3 Å². The van der Waals surface area contributed by atoms with Crippen LogP contribution in [-0.2, 0) is 9.36 Å². The van der Waals surface area contributed by atoms with E-state index in [0.717, 1.165) is 43.5 Å². The zero-order valence-corrected chi connectivity index (χ0v) is 15.5. The third-order valence-electron chi connectivity index (χ3n) is 3.83. The summed E-state index contributed by atoms with van der Waals surface area (Å²) in [6.07, 6.45) is 4.19. The van der Waals surface area contributed by atoms with Crippen molar-refractivity contribution in [3.05, 3.63) is 35.2 Å². The van der Waals surface area contributed by atoms with Crippen LogP contribution in [0.15, 0.2) is 30.3 Å². The Kier molecular flexibility index (Phi) is 6.89. The predicted molar refractivity (Wildman–Crippen MR) is 100 cm³/mol. The number of anilines is 1. The van der Waals surface area contributed by atoms with Gasteiger partial charge in [0.2, 0.25) is 6.41 Å². The SMILES string of the molecule is CCN1CC=C(c2cc3c(NC=O)cccc3s2)CC1.O=P(O)(O)O. The van der Waals surface area contributed by atoms with E-state index in [-0.39, 0.29) is 0 Å². The Balaban J connectivity index is 0.000000399. The van der Waals surface area contributed by atoms with E-state index < -0.39 is 7.82 Å². The third-order valence-corrected chi connectivity index (χ3v) is 5.01. The van der Waals surface area contributed by atoms with E-state index in [0.29, 0.717) is 0 Å². The number of benzene rings is 1. The van der Waals surface area contributed by atoms with Crippen molar-refractivity contribution >= 4 is 46.9 Å². The largest absolute Gasteiger partial charge is 0.466 e. The second kappa shape index (κ2) is 8.71. The molecule has 2 aromatic rings. The van der Waals surface area contributed by atoms with Crippen molar-refractivity contribution in [2.75, 3.05) is 25.0 Å². The van der Waals surface area contributed by atoms with Crippen LogP contribution in [0.5, 0.6) is 0 Å². The van der Waals surface area contributed by atoms with Crippen LogP contribution in [0.2, 0.25) is 0 Å². The monoisotopic (exact) mass is 384 g/mol. The maximum absolute atomic E-state index is 10.7. The Hall–Kier alpha value is -1.54. The first-order valence-corrected chi connectivity index (χ1v) is 10.1. The lowest BCUT2D eigenvalue weighted by atomic mass is 10.1. The van der Waals surface area contributed by atoms with E-state index in [2.05, 4.69) is 35.3 Å². The minimum absolute atomic E-state index is 0.741. The van der Waals surface area contributed by atoms with Gasteiger partial charge in [-0.25, -0.2) is 4.57 Å². The van der Waals surface area contributed by atoms with Crippen molar-refractivity contribution in [3.8, 4) is 0 Å². The number of fused-ring (bicyclic) bond motifs is 1. The molecule has 0 unspecified atom stereocenters. The van der Waals surface area contributed by atoms with Gasteiger partial charge in [-0.05, 0) is 36.7 Å². The lowest BCUT2D eigenvalue weighted by molar-refractivity contribution is -0.105. The summed E-state index contributed by atoms with van der Waals surface area (Å²) in [6.45, 7) is 5.49. The Morgan fingerprint density at radius 2 is 2.08 bits per heavy atom. The Morgan fingerprint density at radius 1 is 1.36 bits per heavy atom. The predicted octanol–water partition coefficient (Wildman–Crippen LogP) is 2.65. The van der Waals surface area contributed by atoms with Crippen LogP contribution >= 0.6 is 19.2 Å². The van der Waals surface area contributed by atoms with Crippen molar-refractivity contribution in [1.82, 2.24) is 4.90 Å². The topological polar surface area (TPSA) is 110 Å². The molecule has 0 bridgehead atoms. The van der Waals surface area contributed by atoms with Gasteiger partial charge in [0.15, 0.2) is 0 Å². The summed E-state index contributed by atoms with van der Waals surface area (Å²) in [5.41, 5.74) is 2.33. The van der Waals surface area contributed by atoms with Crippen LogP contribution < -0.4 is 5.32 Å². The van der Waals surface area contributed by atoms with E-state index in [1.54, 1.807) is 0 Å².